The molecule has 9 saturated heterocycles. The SMILES string of the molecule is C=C1CC(c2nc3ccccc3n2C2C[C@H]3CCC[C@@H](C2)N3C2C[C@H]3CCCC[C@@H](C2)C3)=CC(=O)N1.CS(=O)(=O)NCCN1CCC[C@@H](Cc2nc3ccccc3n2C2C[C@H]3CCC[C@@H](C2)N3C2C[C@H]3CCCC[C@@H](C2)C3)C1.Cc1cnc(-c2nc3ccccc3n2C2C[C@H]3CCC[C@@H](C2)N3C2C[C@H]3CCCC[C@@H](C2)C3)cn1.Cc1cnc(-c2nc3ccccc3n2C2C[C@H]3CCC[C@@H](C2)N3C2C[C@H]3CCC[C@@H](C2)C3)cn1. The van der Waals surface area contributed by atoms with Gasteiger partial charge >= 0.3 is 0 Å². The highest BCUT2D eigenvalue weighted by molar-refractivity contribution is 7.88. The van der Waals surface area contributed by atoms with Crippen LogP contribution in [0.25, 0.3) is 72.7 Å². The third-order valence-electron chi connectivity index (χ3n) is 41.0. The Morgan fingerprint density at radius 3 is 1.01 bits per heavy atom. The monoisotopic (exact) mass is 2000 g/mol. The summed E-state index contributed by atoms with van der Waals surface area (Å²) in [5.74, 6) is 12.6. The number of nitrogens with one attached hydrogen (secondary N) is 2. The van der Waals surface area contributed by atoms with Crippen molar-refractivity contribution in [1.82, 2.24) is 92.7 Å². The number of hydrogen-bond donors (Lipinski definition) is 2. The fourth-order valence-corrected chi connectivity index (χ4v) is 36.0. The van der Waals surface area contributed by atoms with E-state index in [2.05, 4.69) is 166 Å². The van der Waals surface area contributed by atoms with Crippen LogP contribution in [0.1, 0.15) is 368 Å². The first-order valence-corrected chi connectivity index (χ1v) is 61.8. The van der Waals surface area contributed by atoms with E-state index in [1.807, 2.05) is 38.6 Å². The van der Waals surface area contributed by atoms with Crippen LogP contribution in [0.5, 0.6) is 0 Å². The Kier molecular flexibility index (Phi) is 29.4. The van der Waals surface area contributed by atoms with Crippen LogP contribution in [0.2, 0.25) is 0 Å². The predicted octanol–water partition coefficient (Wildman–Crippen LogP) is 25.2. The first-order chi connectivity index (χ1) is 72.0. The van der Waals surface area contributed by atoms with Gasteiger partial charge in [0.25, 0.3) is 0 Å². The molecule has 784 valence electrons. The predicted molar refractivity (Wildman–Crippen MR) is 590 cm³/mol. The molecule has 8 saturated carbocycles. The van der Waals surface area contributed by atoms with Gasteiger partial charge in [-0.1, -0.05) is 177 Å². The van der Waals surface area contributed by atoms with Crippen LogP contribution in [0.15, 0.2) is 140 Å². The van der Waals surface area contributed by atoms with E-state index in [0.717, 1.165) is 207 Å². The largest absolute Gasteiger partial charge is 0.326 e. The van der Waals surface area contributed by atoms with Crippen molar-refractivity contribution in [2.45, 2.75) is 438 Å². The van der Waals surface area contributed by atoms with Gasteiger partial charge in [0.15, 0.2) is 11.6 Å². The van der Waals surface area contributed by atoms with Crippen LogP contribution in [0, 0.1) is 67.1 Å². The molecule has 22 nitrogen and oxygen atoms in total. The van der Waals surface area contributed by atoms with Gasteiger partial charge in [0.2, 0.25) is 15.9 Å². The van der Waals surface area contributed by atoms with Gasteiger partial charge in [-0.15, -0.1) is 0 Å². The Labute approximate surface area is 875 Å². The van der Waals surface area contributed by atoms with Crippen molar-refractivity contribution in [3.05, 3.63) is 163 Å². The maximum absolute atomic E-state index is 12.4. The molecule has 1 amide bonds. The minimum atomic E-state index is -3.14. The number of para-hydroxylation sites is 8. The number of likely N-dealkylation sites (tertiary alicyclic amines) is 1. The standard InChI is InChI=1S/C34H53N5O2S.C31H40N4O.C30H39N5.C29H37N5/c1-42(40,41)35-15-17-37-16-7-10-27(24-37)21-34-36-32-13-4-5-14-33(32)39(34)31-22-28-11-6-12-29(23-31)38(28)30-19-25-8-2-3-9-26(18-25)20-30;1-20-13-23(17-30(36)32-20)31-33-28-11-4-5-12-29(28)35(31)27-18-24-9-6-10-25(19-27)34(24)26-15-21-7-2-3-8-22(14-21)16-26;1-20-18-32-28(19-31-20)30-33-27-11-4-5-12-29(27)35(30)26-16-23-9-6-10-24(17-26)34(23)25-14-21-7-2-3-8-22(13-21)15-25;1-19-17-31-27(18-30-19)29-32-26-10-2-3-11-28(26)34(29)25-15-22-8-5-9-23(16-25)33(22)24-13-20-6-4-7-21(12-20)14-24/h4-5,13-14,25-31,35H,2-3,6-12,15-24H2,1H3;4-5,11-12,17,21-22,24-27H,1-3,6-10,13-16,18-19H2,(H,32,36);4-5,11-12,18-19,21-26H,2-3,6-10,13-17H2,1H3;2-3,10-11,17-18,20-25H,4-9,12-16H2,1H3/t25-,26+,27-,28-,29+,30?,31?;21-,22+,24-,25+,26?,27?;21-,22+,23-,24+,25?,26?;20-,21+,22-,23+,24?,25?/m0.../s1. The average molecular weight is 2010 g/mol. The van der Waals surface area contributed by atoms with E-state index >= 15 is 0 Å². The second-order valence-corrected chi connectivity index (χ2v) is 52.7. The van der Waals surface area contributed by atoms with E-state index in [0.29, 0.717) is 55.1 Å². The molecule has 16 bridgehead atoms. The summed E-state index contributed by atoms with van der Waals surface area (Å²) in [4.78, 5) is 66.2. The number of allylic oxidation sites excluding steroid dienone is 1. The number of nitrogens with zero attached hydrogens (tertiary/aromatic N) is 17. The number of imidazole rings is 4. The maximum Gasteiger partial charge on any atom is 0.248 e. The fourth-order valence-electron chi connectivity index (χ4n) is 35.6. The molecule has 18 aliphatic rings. The van der Waals surface area contributed by atoms with Gasteiger partial charge < -0.3 is 28.5 Å². The molecular weight excluding hydrogens is 1840 g/mol. The smallest absolute Gasteiger partial charge is 0.248 e. The van der Waals surface area contributed by atoms with Crippen LogP contribution in [0.4, 0.5) is 0 Å². The molecule has 6 aromatic heterocycles. The number of sulfonamides is 1. The number of piperidine rings is 9. The molecule has 2 N–H and O–H groups in total. The zero-order chi connectivity index (χ0) is 98.9. The number of carbonyl (C=O) groups excluding carboxylic acids is 1. The lowest BCUT2D eigenvalue weighted by Gasteiger charge is -2.55. The summed E-state index contributed by atoms with van der Waals surface area (Å²) in [6.07, 6.45) is 80.9. The van der Waals surface area contributed by atoms with E-state index in [1.54, 1.807) is 6.08 Å². The summed E-state index contributed by atoms with van der Waals surface area (Å²) in [5, 5.41) is 2.85. The molecule has 10 aromatic rings. The summed E-state index contributed by atoms with van der Waals surface area (Å²) < 4.78 is 36.1. The summed E-state index contributed by atoms with van der Waals surface area (Å²) >= 11 is 0. The van der Waals surface area contributed by atoms with Crippen molar-refractivity contribution in [1.29, 1.82) is 0 Å². The Hall–Kier alpha value is -8.42. The number of carbonyl (C=O) groups is 1. The first-order valence-electron chi connectivity index (χ1n) is 59.9. The molecule has 17 fully saturated rings. The lowest BCUT2D eigenvalue weighted by molar-refractivity contribution is -0.116. The quantitative estimate of drug-likeness (QED) is 0.0867. The highest BCUT2D eigenvalue weighted by atomic mass is 32.2. The molecule has 0 radical (unpaired) electrons. The van der Waals surface area contributed by atoms with Crippen molar-refractivity contribution in [3.8, 4) is 23.0 Å². The van der Waals surface area contributed by atoms with E-state index in [-0.39, 0.29) is 5.91 Å². The molecule has 147 heavy (non-hydrogen) atoms. The molecular formula is C124H169N19O3S. The van der Waals surface area contributed by atoms with Gasteiger partial charge in [0.1, 0.15) is 23.0 Å². The van der Waals surface area contributed by atoms with E-state index in [1.165, 1.54) is 349 Å². The Morgan fingerprint density at radius 1 is 0.347 bits per heavy atom. The Morgan fingerprint density at radius 2 is 0.667 bits per heavy atom. The Bertz CT molecular complexity index is 6310. The molecule has 25 atom stereocenters. The second-order valence-electron chi connectivity index (χ2n) is 50.9. The van der Waals surface area contributed by atoms with Gasteiger partial charge in [-0.05, 0) is 315 Å². The second kappa shape index (κ2) is 43.6. The highest BCUT2D eigenvalue weighted by Crippen LogP contribution is 2.56. The number of hydrogen-bond acceptors (Lipinski definition) is 16. The van der Waals surface area contributed by atoms with Gasteiger partial charge in [0.05, 0.1) is 74.2 Å². The van der Waals surface area contributed by atoms with Crippen molar-refractivity contribution in [3.63, 3.8) is 0 Å². The number of fused-ring (bicyclic) bond motifs is 20. The van der Waals surface area contributed by atoms with Gasteiger partial charge in [-0.2, -0.15) is 0 Å². The summed E-state index contributed by atoms with van der Waals surface area (Å²) in [7, 11) is -3.14. The number of aryl methyl sites for hydroxylation is 2. The lowest BCUT2D eigenvalue weighted by atomic mass is 9.68. The lowest BCUT2D eigenvalue weighted by Crippen LogP contribution is -2.58. The zero-order valence-corrected chi connectivity index (χ0v) is 89.7. The average Bonchev–Trinajstić information content (AvgIpc) is 1.63. The number of amides is 1. The number of rotatable bonds is 17. The van der Waals surface area contributed by atoms with Crippen LogP contribution in [-0.4, -0.2) is 202 Å². The normalized spacial score (nSPS) is 34.4. The highest BCUT2D eigenvalue weighted by Gasteiger charge is 2.52. The van der Waals surface area contributed by atoms with E-state index in [9.17, 15) is 13.2 Å². The number of benzene rings is 4. The van der Waals surface area contributed by atoms with Crippen LogP contribution in [0.3, 0.4) is 0 Å². The maximum atomic E-state index is 12.4. The molecule has 0 spiro atoms. The van der Waals surface area contributed by atoms with Crippen LogP contribution >= 0.6 is 0 Å². The van der Waals surface area contributed by atoms with Crippen molar-refractivity contribution >= 4 is 65.6 Å². The first kappa shape index (κ1) is 99.2. The van der Waals surface area contributed by atoms with Crippen molar-refractivity contribution in [2.24, 2.45) is 53.3 Å². The molecule has 10 aliphatic heterocycles. The van der Waals surface area contributed by atoms with Crippen LogP contribution in [-0.2, 0) is 21.2 Å². The third kappa shape index (κ3) is 21.4. The molecule has 8 aliphatic carbocycles. The van der Waals surface area contributed by atoms with E-state index < -0.39 is 10.0 Å². The molecule has 4 aromatic carbocycles. The topological polar surface area (TPSA) is 214 Å². The molecule has 8 unspecified atom stereocenters. The molecule has 28 rings (SSSR count). The van der Waals surface area contributed by atoms with Crippen molar-refractivity contribution in [2.75, 3.05) is 32.4 Å². The number of aromatic nitrogens is 12. The molecule has 23 heteroatoms. The fraction of sp³-hybridized carbons (Fsp3) is 0.669. The summed E-state index contributed by atoms with van der Waals surface area (Å²) in [5.41, 5.74) is 14.9. The minimum absolute atomic E-state index is 0.0784. The third-order valence-corrected chi connectivity index (χ3v) is 41.7. The van der Waals surface area contributed by atoms with Crippen LogP contribution < -0.4 is 10.0 Å². The summed E-state index contributed by atoms with van der Waals surface area (Å²) in [6, 6.07) is 45.6. The van der Waals surface area contributed by atoms with Gasteiger partial charge in [-0.25, -0.2) is 43.0 Å². The van der Waals surface area contributed by atoms with Gasteiger partial charge in [-0.3, -0.25) is 34.4 Å². The molecule has 16 heterocycles. The minimum Gasteiger partial charge on any atom is -0.326 e. The van der Waals surface area contributed by atoms with E-state index in [4.69, 9.17) is 29.9 Å². The zero-order valence-electron chi connectivity index (χ0n) is 88.9. The van der Waals surface area contributed by atoms with Gasteiger partial charge in [0, 0.05) is 159 Å². The van der Waals surface area contributed by atoms with Crippen molar-refractivity contribution < 1.29 is 13.2 Å². The summed E-state index contributed by atoms with van der Waals surface area (Å²) in [6.45, 7) is 11.4. The Balaban J connectivity index is 0.000000102.